The molecule has 4 heteroatoms. The van der Waals surface area contributed by atoms with Gasteiger partial charge in [-0.05, 0) is 6.42 Å². The van der Waals surface area contributed by atoms with Crippen LogP contribution in [0.15, 0.2) is 0 Å². The normalized spacial score (nSPS) is 26.6. The molecule has 0 unspecified atom stereocenters. The molecule has 14 heavy (non-hydrogen) atoms. The van der Waals surface area contributed by atoms with E-state index in [4.69, 9.17) is 5.11 Å². The molecule has 0 amide bonds. The summed E-state index contributed by atoms with van der Waals surface area (Å²) < 4.78 is 0. The topological polar surface area (TPSA) is 49.3 Å². The largest absolute Gasteiger partial charge is 0.480 e. The molecule has 0 aromatic rings. The fourth-order valence-electron chi connectivity index (χ4n) is 1.60. The quantitative estimate of drug-likeness (QED) is 0.669. The van der Waals surface area contributed by atoms with Gasteiger partial charge in [-0.15, -0.1) is 11.8 Å². The van der Waals surface area contributed by atoms with E-state index in [9.17, 15) is 4.79 Å². The van der Waals surface area contributed by atoms with Crippen molar-refractivity contribution in [3.63, 3.8) is 0 Å². The summed E-state index contributed by atoms with van der Waals surface area (Å²) in [7, 11) is 0. The summed E-state index contributed by atoms with van der Waals surface area (Å²) in [6.45, 7) is 2.20. The van der Waals surface area contributed by atoms with Gasteiger partial charge in [-0.2, -0.15) is 0 Å². The van der Waals surface area contributed by atoms with Crippen LogP contribution in [0.2, 0.25) is 0 Å². The fraction of sp³-hybridized carbons (Fsp3) is 0.900. The lowest BCUT2D eigenvalue weighted by Crippen LogP contribution is -2.36. The van der Waals surface area contributed by atoms with E-state index in [0.29, 0.717) is 11.1 Å². The van der Waals surface area contributed by atoms with Crippen molar-refractivity contribution in [3.05, 3.63) is 0 Å². The first-order chi connectivity index (χ1) is 6.74. The van der Waals surface area contributed by atoms with Gasteiger partial charge in [-0.1, -0.05) is 32.6 Å². The molecule has 0 saturated carbocycles. The van der Waals surface area contributed by atoms with Crippen LogP contribution in [0.1, 0.15) is 39.0 Å². The van der Waals surface area contributed by atoms with Crippen LogP contribution in [0.5, 0.6) is 0 Å². The third-order valence-electron chi connectivity index (χ3n) is 2.47. The minimum Gasteiger partial charge on any atom is -0.480 e. The van der Waals surface area contributed by atoms with Gasteiger partial charge in [-0.3, -0.25) is 10.1 Å². The van der Waals surface area contributed by atoms with E-state index in [0.717, 1.165) is 6.42 Å². The van der Waals surface area contributed by atoms with Crippen molar-refractivity contribution in [2.75, 3.05) is 5.75 Å². The summed E-state index contributed by atoms with van der Waals surface area (Å²) in [5, 5.41) is 12.3. The second kappa shape index (κ2) is 6.30. The zero-order valence-corrected chi connectivity index (χ0v) is 9.48. The van der Waals surface area contributed by atoms with Gasteiger partial charge in [0.1, 0.15) is 6.04 Å². The highest BCUT2D eigenvalue weighted by Crippen LogP contribution is 2.23. The standard InChI is InChI=1S/C10H19NO2S/c1-2-3-4-5-6-9-11-8(7-14-9)10(12)13/h8-9,11H,2-7H2,1H3,(H,12,13)/t8-,9-/m0/s1. The number of hydrogen-bond donors (Lipinski definition) is 2. The van der Waals surface area contributed by atoms with E-state index in [-0.39, 0.29) is 6.04 Å². The van der Waals surface area contributed by atoms with E-state index < -0.39 is 5.97 Å². The number of aliphatic carboxylic acids is 1. The Hall–Kier alpha value is -0.220. The zero-order chi connectivity index (χ0) is 10.4. The number of carbonyl (C=O) groups is 1. The number of hydrogen-bond acceptors (Lipinski definition) is 3. The van der Waals surface area contributed by atoms with Crippen molar-refractivity contribution in [1.82, 2.24) is 5.32 Å². The Morgan fingerprint density at radius 1 is 1.50 bits per heavy atom. The van der Waals surface area contributed by atoms with Gasteiger partial charge in [0, 0.05) is 5.75 Å². The van der Waals surface area contributed by atoms with Crippen molar-refractivity contribution in [2.24, 2.45) is 0 Å². The molecule has 1 heterocycles. The summed E-state index contributed by atoms with van der Waals surface area (Å²) in [4.78, 5) is 10.6. The molecule has 2 N–H and O–H groups in total. The molecule has 1 fully saturated rings. The minimum atomic E-state index is -0.714. The number of unbranched alkanes of at least 4 members (excludes halogenated alkanes) is 3. The number of carboxylic acid groups (broad SMARTS) is 1. The van der Waals surface area contributed by atoms with Crippen LogP contribution in [0.3, 0.4) is 0 Å². The second-order valence-electron chi connectivity index (χ2n) is 3.73. The van der Waals surface area contributed by atoms with Gasteiger partial charge in [0.25, 0.3) is 0 Å². The Labute approximate surface area is 89.6 Å². The lowest BCUT2D eigenvalue weighted by molar-refractivity contribution is -0.138. The number of nitrogens with one attached hydrogen (secondary N) is 1. The average molecular weight is 217 g/mol. The highest BCUT2D eigenvalue weighted by molar-refractivity contribution is 8.00. The third kappa shape index (κ3) is 3.88. The van der Waals surface area contributed by atoms with Crippen molar-refractivity contribution in [2.45, 2.75) is 50.4 Å². The van der Waals surface area contributed by atoms with Crippen molar-refractivity contribution < 1.29 is 9.90 Å². The van der Waals surface area contributed by atoms with Gasteiger partial charge in [0.2, 0.25) is 0 Å². The maximum Gasteiger partial charge on any atom is 0.321 e. The Balaban J connectivity index is 2.07. The highest BCUT2D eigenvalue weighted by atomic mass is 32.2. The molecule has 0 aromatic carbocycles. The molecule has 0 aliphatic carbocycles. The van der Waals surface area contributed by atoms with Gasteiger partial charge in [-0.25, -0.2) is 0 Å². The molecule has 1 rings (SSSR count). The SMILES string of the molecule is CCCCCC[C@H]1N[C@H](C(=O)O)CS1. The highest BCUT2D eigenvalue weighted by Gasteiger charge is 2.28. The Bertz CT molecular complexity index is 187. The summed E-state index contributed by atoms with van der Waals surface area (Å²) in [6, 6.07) is -0.323. The molecular weight excluding hydrogens is 198 g/mol. The molecular formula is C10H19NO2S. The maximum atomic E-state index is 10.6. The molecule has 3 nitrogen and oxygen atoms in total. The van der Waals surface area contributed by atoms with Crippen LogP contribution in [0.4, 0.5) is 0 Å². The summed E-state index contributed by atoms with van der Waals surface area (Å²) >= 11 is 1.74. The van der Waals surface area contributed by atoms with Crippen LogP contribution in [-0.4, -0.2) is 28.2 Å². The Morgan fingerprint density at radius 2 is 2.29 bits per heavy atom. The molecule has 2 atom stereocenters. The van der Waals surface area contributed by atoms with Crippen LogP contribution >= 0.6 is 11.8 Å². The molecule has 1 aliphatic rings. The number of carboxylic acids is 1. The predicted molar refractivity (Wildman–Crippen MR) is 59.6 cm³/mol. The maximum absolute atomic E-state index is 10.6. The van der Waals surface area contributed by atoms with Gasteiger partial charge >= 0.3 is 5.97 Å². The van der Waals surface area contributed by atoms with Gasteiger partial charge in [0.15, 0.2) is 0 Å². The van der Waals surface area contributed by atoms with Crippen LogP contribution in [-0.2, 0) is 4.79 Å². The van der Waals surface area contributed by atoms with Crippen molar-refractivity contribution in [3.8, 4) is 0 Å². The van der Waals surface area contributed by atoms with Gasteiger partial charge in [0.05, 0.1) is 5.37 Å². The first kappa shape index (κ1) is 11.9. The lowest BCUT2D eigenvalue weighted by Gasteiger charge is -2.09. The average Bonchev–Trinajstić information content (AvgIpc) is 2.61. The molecule has 1 saturated heterocycles. The van der Waals surface area contributed by atoms with E-state index in [1.54, 1.807) is 11.8 Å². The van der Waals surface area contributed by atoms with Crippen LogP contribution in [0, 0.1) is 0 Å². The lowest BCUT2D eigenvalue weighted by atomic mass is 10.1. The van der Waals surface area contributed by atoms with E-state index >= 15 is 0 Å². The minimum absolute atomic E-state index is 0.323. The molecule has 82 valence electrons. The van der Waals surface area contributed by atoms with E-state index in [1.807, 2.05) is 0 Å². The molecule has 0 spiro atoms. The zero-order valence-electron chi connectivity index (χ0n) is 8.66. The smallest absolute Gasteiger partial charge is 0.321 e. The van der Waals surface area contributed by atoms with Gasteiger partial charge < -0.3 is 5.11 Å². The second-order valence-corrected chi connectivity index (χ2v) is 4.96. The van der Waals surface area contributed by atoms with Crippen LogP contribution < -0.4 is 5.32 Å². The summed E-state index contributed by atoms with van der Waals surface area (Å²) in [5.74, 6) is 0.00175. The van der Waals surface area contributed by atoms with E-state index in [2.05, 4.69) is 12.2 Å². The Morgan fingerprint density at radius 3 is 2.86 bits per heavy atom. The van der Waals surface area contributed by atoms with E-state index in [1.165, 1.54) is 25.7 Å². The first-order valence-corrected chi connectivity index (χ1v) is 6.39. The summed E-state index contributed by atoms with van der Waals surface area (Å²) in [6.07, 6.45) is 6.13. The fourth-order valence-corrected chi connectivity index (χ4v) is 2.86. The number of thioether (sulfide) groups is 1. The molecule has 0 bridgehead atoms. The molecule has 0 aromatic heterocycles. The monoisotopic (exact) mass is 217 g/mol. The summed E-state index contributed by atoms with van der Waals surface area (Å²) in [5.41, 5.74) is 0. The molecule has 1 aliphatic heterocycles. The number of rotatable bonds is 6. The first-order valence-electron chi connectivity index (χ1n) is 5.34. The third-order valence-corrected chi connectivity index (χ3v) is 3.77. The van der Waals surface area contributed by atoms with Crippen molar-refractivity contribution >= 4 is 17.7 Å². The Kier molecular flexibility index (Phi) is 5.33. The predicted octanol–water partition coefficient (Wildman–Crippen LogP) is 2.07. The van der Waals surface area contributed by atoms with Crippen molar-refractivity contribution in [1.29, 1.82) is 0 Å². The van der Waals surface area contributed by atoms with Crippen LogP contribution in [0.25, 0.3) is 0 Å². The molecule has 0 radical (unpaired) electrons.